The van der Waals surface area contributed by atoms with Crippen LogP contribution in [-0.4, -0.2) is 11.6 Å². The number of nitrogens with zero attached hydrogens (tertiary/aromatic N) is 1. The summed E-state index contributed by atoms with van der Waals surface area (Å²) < 4.78 is 1.03. The Labute approximate surface area is 132 Å². The van der Waals surface area contributed by atoms with Crippen molar-refractivity contribution in [2.75, 3.05) is 0 Å². The summed E-state index contributed by atoms with van der Waals surface area (Å²) in [5.74, 6) is 1.18. The Morgan fingerprint density at radius 2 is 2.19 bits per heavy atom. The van der Waals surface area contributed by atoms with Crippen molar-refractivity contribution in [1.29, 1.82) is 0 Å². The van der Waals surface area contributed by atoms with Crippen LogP contribution in [-0.2, 0) is 0 Å². The number of carbonyl (C=O) groups excluding carboxylic acids is 1. The van der Waals surface area contributed by atoms with Crippen molar-refractivity contribution in [3.05, 3.63) is 34.2 Å². The fraction of sp³-hybridized carbons (Fsp3) is 0.375. The average molecular weight is 319 g/mol. The van der Waals surface area contributed by atoms with Gasteiger partial charge in [-0.3, -0.25) is 4.79 Å². The number of hydrazone groups is 1. The maximum absolute atomic E-state index is 12.3. The van der Waals surface area contributed by atoms with Crippen molar-refractivity contribution in [3.8, 4) is 0 Å². The van der Waals surface area contributed by atoms with Crippen LogP contribution in [0.25, 0.3) is 10.1 Å². The SMILES string of the molecule is O=C(N/N=C1/C[C@@H]2CC[C@H]1C2)c1sc2ccccc2c1Cl. The predicted octanol–water partition coefficient (Wildman–Crippen LogP) is 4.46. The van der Waals surface area contributed by atoms with Crippen LogP contribution in [0.5, 0.6) is 0 Å². The smallest absolute Gasteiger partial charge is 0.266 e. The second-order valence-corrected chi connectivity index (χ2v) is 7.30. The third-order valence-electron chi connectivity index (χ3n) is 4.55. The highest BCUT2D eigenvalue weighted by Gasteiger charge is 2.36. The minimum absolute atomic E-state index is 0.198. The van der Waals surface area contributed by atoms with Crippen LogP contribution in [0, 0.1) is 11.8 Å². The highest BCUT2D eigenvalue weighted by atomic mass is 35.5. The summed E-state index contributed by atoms with van der Waals surface area (Å²) in [5.41, 5.74) is 3.87. The summed E-state index contributed by atoms with van der Waals surface area (Å²) >= 11 is 7.73. The molecule has 108 valence electrons. The van der Waals surface area contributed by atoms with Crippen LogP contribution in [0.2, 0.25) is 5.02 Å². The van der Waals surface area contributed by atoms with Crippen LogP contribution in [0.4, 0.5) is 0 Å². The van der Waals surface area contributed by atoms with Crippen molar-refractivity contribution in [1.82, 2.24) is 5.43 Å². The minimum atomic E-state index is -0.198. The van der Waals surface area contributed by atoms with Gasteiger partial charge in [-0.2, -0.15) is 5.10 Å². The van der Waals surface area contributed by atoms with Crippen LogP contribution in [0.3, 0.4) is 0 Å². The van der Waals surface area contributed by atoms with E-state index in [9.17, 15) is 4.79 Å². The second-order valence-electron chi connectivity index (χ2n) is 5.87. The van der Waals surface area contributed by atoms with Crippen molar-refractivity contribution < 1.29 is 4.79 Å². The molecule has 4 rings (SSSR count). The molecule has 3 nitrogen and oxygen atoms in total. The van der Waals surface area contributed by atoms with Crippen molar-refractivity contribution in [3.63, 3.8) is 0 Å². The van der Waals surface area contributed by atoms with Gasteiger partial charge in [0.1, 0.15) is 4.88 Å². The van der Waals surface area contributed by atoms with Crippen LogP contribution in [0.15, 0.2) is 29.4 Å². The van der Waals surface area contributed by atoms with E-state index in [1.54, 1.807) is 0 Å². The number of nitrogens with one attached hydrogen (secondary N) is 1. The monoisotopic (exact) mass is 318 g/mol. The minimum Gasteiger partial charge on any atom is -0.266 e. The molecule has 0 aliphatic heterocycles. The van der Waals surface area contributed by atoms with E-state index in [0.29, 0.717) is 15.8 Å². The molecule has 0 spiro atoms. The van der Waals surface area contributed by atoms with Crippen molar-refractivity contribution in [2.24, 2.45) is 16.9 Å². The van der Waals surface area contributed by atoms with Gasteiger partial charge >= 0.3 is 0 Å². The molecule has 2 fully saturated rings. The summed E-state index contributed by atoms with van der Waals surface area (Å²) in [6, 6.07) is 7.79. The Balaban J connectivity index is 1.56. The Hall–Kier alpha value is -1.39. The zero-order valence-corrected chi connectivity index (χ0v) is 13.0. The molecule has 2 saturated carbocycles. The van der Waals surface area contributed by atoms with Gasteiger partial charge < -0.3 is 0 Å². The Bertz CT molecular complexity index is 752. The molecule has 1 N–H and O–H groups in total. The van der Waals surface area contributed by atoms with Gasteiger partial charge in [0.25, 0.3) is 5.91 Å². The van der Waals surface area contributed by atoms with Crippen molar-refractivity contribution >= 4 is 44.6 Å². The lowest BCUT2D eigenvalue weighted by Crippen LogP contribution is -2.21. The summed E-state index contributed by atoms with van der Waals surface area (Å²) in [6.07, 6.45) is 4.84. The van der Waals surface area contributed by atoms with E-state index in [2.05, 4.69) is 10.5 Å². The molecule has 2 aromatic rings. The lowest BCUT2D eigenvalue weighted by molar-refractivity contribution is 0.0958. The van der Waals surface area contributed by atoms with Gasteiger partial charge in [-0.1, -0.05) is 29.8 Å². The van der Waals surface area contributed by atoms with Gasteiger partial charge in [0.2, 0.25) is 0 Å². The molecule has 1 aromatic heterocycles. The van der Waals surface area contributed by atoms with Gasteiger partial charge in [-0.25, -0.2) is 5.43 Å². The zero-order chi connectivity index (χ0) is 14.4. The molecule has 1 amide bonds. The number of rotatable bonds is 2. The number of amides is 1. The molecular weight excluding hydrogens is 304 g/mol. The van der Waals surface area contributed by atoms with E-state index in [1.807, 2.05) is 24.3 Å². The van der Waals surface area contributed by atoms with Gasteiger partial charge in [0, 0.05) is 15.8 Å². The molecule has 1 aromatic carbocycles. The first-order chi connectivity index (χ1) is 10.2. The Kier molecular flexibility index (Phi) is 3.23. The van der Waals surface area contributed by atoms with Crippen LogP contribution in [0.1, 0.15) is 35.4 Å². The number of fused-ring (bicyclic) bond motifs is 3. The van der Waals surface area contributed by atoms with E-state index in [1.165, 1.54) is 30.6 Å². The predicted molar refractivity (Wildman–Crippen MR) is 87.2 cm³/mol. The van der Waals surface area contributed by atoms with E-state index in [-0.39, 0.29) is 5.91 Å². The number of benzene rings is 1. The molecule has 21 heavy (non-hydrogen) atoms. The first-order valence-corrected chi connectivity index (χ1v) is 8.45. The quantitative estimate of drug-likeness (QED) is 0.816. The number of hydrogen-bond acceptors (Lipinski definition) is 3. The number of halogens is 1. The molecule has 2 aliphatic rings. The van der Waals surface area contributed by atoms with E-state index in [0.717, 1.165) is 28.1 Å². The highest BCUT2D eigenvalue weighted by molar-refractivity contribution is 7.21. The third kappa shape index (κ3) is 2.27. The van der Waals surface area contributed by atoms with E-state index >= 15 is 0 Å². The summed E-state index contributed by atoms with van der Waals surface area (Å²) in [4.78, 5) is 12.9. The fourth-order valence-corrected chi connectivity index (χ4v) is 4.90. The summed E-state index contributed by atoms with van der Waals surface area (Å²) in [7, 11) is 0. The Morgan fingerprint density at radius 1 is 1.33 bits per heavy atom. The second kappa shape index (κ2) is 5.11. The van der Waals surface area contributed by atoms with Crippen LogP contribution >= 0.6 is 22.9 Å². The molecule has 0 saturated heterocycles. The molecule has 0 unspecified atom stereocenters. The molecular formula is C16H15ClN2OS. The van der Waals surface area contributed by atoms with Gasteiger partial charge in [0.05, 0.1) is 5.02 Å². The zero-order valence-electron chi connectivity index (χ0n) is 11.4. The topological polar surface area (TPSA) is 41.5 Å². The number of hydrogen-bond donors (Lipinski definition) is 1. The molecule has 2 atom stereocenters. The lowest BCUT2D eigenvalue weighted by atomic mass is 9.99. The normalized spacial score (nSPS) is 25.9. The first-order valence-electron chi connectivity index (χ1n) is 7.26. The molecule has 0 radical (unpaired) electrons. The largest absolute Gasteiger partial charge is 0.283 e. The standard InChI is InChI=1S/C16H15ClN2OS/c17-14-11-3-1-2-4-13(11)21-15(14)16(20)19-18-12-8-9-5-6-10(12)7-9/h1-4,9-10H,5-8H2,(H,19,20)/b18-12-/t9-,10+/m1/s1. The van der Waals surface area contributed by atoms with E-state index in [4.69, 9.17) is 11.6 Å². The van der Waals surface area contributed by atoms with Crippen LogP contribution < -0.4 is 5.43 Å². The molecule has 1 heterocycles. The van der Waals surface area contributed by atoms with E-state index < -0.39 is 0 Å². The van der Waals surface area contributed by atoms with Gasteiger partial charge in [0.15, 0.2) is 0 Å². The first kappa shape index (κ1) is 13.3. The Morgan fingerprint density at radius 3 is 2.90 bits per heavy atom. The third-order valence-corrected chi connectivity index (χ3v) is 6.23. The molecule has 2 bridgehead atoms. The highest BCUT2D eigenvalue weighted by Crippen LogP contribution is 2.42. The maximum atomic E-state index is 12.3. The summed E-state index contributed by atoms with van der Waals surface area (Å²) in [5, 5.41) is 5.82. The number of thiophene rings is 1. The van der Waals surface area contributed by atoms with Gasteiger partial charge in [-0.15, -0.1) is 11.3 Å². The molecule has 2 aliphatic carbocycles. The van der Waals surface area contributed by atoms with Crippen molar-refractivity contribution in [2.45, 2.75) is 25.7 Å². The number of carbonyl (C=O) groups is 1. The summed E-state index contributed by atoms with van der Waals surface area (Å²) in [6.45, 7) is 0. The fourth-order valence-electron chi connectivity index (χ4n) is 3.50. The van der Waals surface area contributed by atoms with Gasteiger partial charge in [-0.05, 0) is 43.6 Å². The lowest BCUT2D eigenvalue weighted by Gasteiger charge is -2.11. The average Bonchev–Trinajstić information content (AvgIpc) is 3.20. The molecule has 5 heteroatoms. The maximum Gasteiger partial charge on any atom is 0.283 e.